The molecule has 5 N–H and O–H groups in total. The molecule has 0 unspecified atom stereocenters. The molecule has 1 heterocycles. The van der Waals surface area contributed by atoms with Gasteiger partial charge in [0.05, 0.1) is 13.7 Å². The van der Waals surface area contributed by atoms with Crippen LogP contribution in [0.1, 0.15) is 11.1 Å². The minimum Gasteiger partial charge on any atom is -0.508 e. The average molecular weight is 404 g/mol. The second kappa shape index (κ2) is 9.25. The molecule has 1 aliphatic heterocycles. The average Bonchev–Trinajstić information content (AvgIpc) is 2.72. The summed E-state index contributed by atoms with van der Waals surface area (Å²) in [5.41, 5.74) is 1.55. The van der Waals surface area contributed by atoms with E-state index in [2.05, 4.69) is 0 Å². The lowest BCUT2D eigenvalue weighted by atomic mass is 9.99. The maximum Gasteiger partial charge on any atom is 0.229 e. The number of phenols is 1. The van der Waals surface area contributed by atoms with Crippen molar-refractivity contribution in [3.8, 4) is 17.2 Å². The first-order valence-corrected chi connectivity index (χ1v) is 9.04. The number of aliphatic hydroxyl groups excluding tert-OH is 4. The first kappa shape index (κ1) is 21.1. The highest BCUT2D eigenvalue weighted by Gasteiger charge is 2.44. The molecule has 8 nitrogen and oxygen atoms in total. The van der Waals surface area contributed by atoms with Crippen LogP contribution in [0.3, 0.4) is 0 Å². The molecule has 0 spiro atoms. The third kappa shape index (κ3) is 5.06. The second-order valence-electron chi connectivity index (χ2n) is 6.68. The molecule has 0 saturated carbocycles. The zero-order valence-electron chi connectivity index (χ0n) is 15.8. The van der Waals surface area contributed by atoms with Crippen molar-refractivity contribution in [3.05, 3.63) is 53.6 Å². The molecule has 3 rings (SSSR count). The van der Waals surface area contributed by atoms with E-state index >= 15 is 0 Å². The van der Waals surface area contributed by atoms with Gasteiger partial charge in [-0.25, -0.2) is 0 Å². The van der Waals surface area contributed by atoms with Crippen LogP contribution in [0.2, 0.25) is 0 Å². The SMILES string of the molecule is COc1ccc(/C=C/c2cc(O)cc(O[C@H]3O[C@@H](CO)[C@H](O)[C@@H](O)[C@@H]3O)c2)cc1. The summed E-state index contributed by atoms with van der Waals surface area (Å²) in [6.07, 6.45) is -3.35. The van der Waals surface area contributed by atoms with Gasteiger partial charge in [-0.05, 0) is 35.4 Å². The molecule has 5 atom stereocenters. The Kier molecular flexibility index (Phi) is 6.73. The van der Waals surface area contributed by atoms with E-state index in [0.29, 0.717) is 5.56 Å². The van der Waals surface area contributed by atoms with Gasteiger partial charge in [0, 0.05) is 6.07 Å². The molecule has 29 heavy (non-hydrogen) atoms. The Hall–Kier alpha value is -2.62. The Morgan fingerprint density at radius 2 is 1.59 bits per heavy atom. The molecule has 1 saturated heterocycles. The minimum absolute atomic E-state index is 0.0681. The molecule has 0 aromatic heterocycles. The molecule has 156 valence electrons. The van der Waals surface area contributed by atoms with Crippen molar-refractivity contribution < 1.29 is 39.7 Å². The fourth-order valence-corrected chi connectivity index (χ4v) is 2.98. The maximum atomic E-state index is 10.1. The second-order valence-corrected chi connectivity index (χ2v) is 6.68. The van der Waals surface area contributed by atoms with Crippen LogP contribution >= 0.6 is 0 Å². The number of ether oxygens (including phenoxy) is 3. The lowest BCUT2D eigenvalue weighted by molar-refractivity contribution is -0.277. The van der Waals surface area contributed by atoms with Gasteiger partial charge < -0.3 is 39.7 Å². The topological polar surface area (TPSA) is 129 Å². The monoisotopic (exact) mass is 404 g/mol. The Balaban J connectivity index is 1.75. The number of phenolic OH excluding ortho intramolecular Hbond substituents is 1. The van der Waals surface area contributed by atoms with Gasteiger partial charge in [-0.3, -0.25) is 0 Å². The van der Waals surface area contributed by atoms with Crippen LogP contribution in [-0.4, -0.2) is 70.0 Å². The zero-order chi connectivity index (χ0) is 21.0. The summed E-state index contributed by atoms with van der Waals surface area (Å²) >= 11 is 0. The van der Waals surface area contributed by atoms with E-state index in [-0.39, 0.29) is 11.5 Å². The molecule has 0 bridgehead atoms. The van der Waals surface area contributed by atoms with E-state index in [1.54, 1.807) is 19.3 Å². The molecule has 1 fully saturated rings. The van der Waals surface area contributed by atoms with Gasteiger partial charge in [0.15, 0.2) is 0 Å². The van der Waals surface area contributed by atoms with Crippen molar-refractivity contribution in [1.29, 1.82) is 0 Å². The minimum atomic E-state index is -1.54. The highest BCUT2D eigenvalue weighted by Crippen LogP contribution is 2.28. The van der Waals surface area contributed by atoms with Gasteiger partial charge in [-0.2, -0.15) is 0 Å². The van der Waals surface area contributed by atoms with Crippen LogP contribution in [-0.2, 0) is 4.74 Å². The summed E-state index contributed by atoms with van der Waals surface area (Å²) in [4.78, 5) is 0. The van der Waals surface area contributed by atoms with E-state index in [1.807, 2.05) is 30.3 Å². The van der Waals surface area contributed by atoms with Gasteiger partial charge in [-0.1, -0.05) is 24.3 Å². The molecule has 0 aliphatic carbocycles. The van der Waals surface area contributed by atoms with Gasteiger partial charge in [0.2, 0.25) is 6.29 Å². The van der Waals surface area contributed by atoms with Crippen molar-refractivity contribution >= 4 is 12.2 Å². The number of hydrogen-bond acceptors (Lipinski definition) is 8. The summed E-state index contributed by atoms with van der Waals surface area (Å²) in [5, 5.41) is 49.0. The summed E-state index contributed by atoms with van der Waals surface area (Å²) in [6.45, 7) is -0.555. The highest BCUT2D eigenvalue weighted by atomic mass is 16.7. The molecule has 0 amide bonds. The highest BCUT2D eigenvalue weighted by molar-refractivity contribution is 5.71. The first-order valence-electron chi connectivity index (χ1n) is 9.04. The lowest BCUT2D eigenvalue weighted by Gasteiger charge is -2.39. The Morgan fingerprint density at radius 3 is 2.24 bits per heavy atom. The molecule has 0 radical (unpaired) electrons. The van der Waals surface area contributed by atoms with E-state index in [0.717, 1.165) is 11.3 Å². The van der Waals surface area contributed by atoms with Gasteiger partial charge in [-0.15, -0.1) is 0 Å². The molecular weight excluding hydrogens is 380 g/mol. The number of aromatic hydroxyl groups is 1. The quantitative estimate of drug-likeness (QED) is 0.446. The van der Waals surface area contributed by atoms with Crippen LogP contribution in [0.4, 0.5) is 0 Å². The smallest absolute Gasteiger partial charge is 0.229 e. The number of rotatable bonds is 6. The third-order valence-corrected chi connectivity index (χ3v) is 4.60. The molecule has 8 heteroatoms. The predicted octanol–water partition coefficient (Wildman–Crippen LogP) is 0.750. The van der Waals surface area contributed by atoms with Crippen LogP contribution in [0.25, 0.3) is 12.2 Å². The molecule has 2 aromatic rings. The first-order chi connectivity index (χ1) is 13.9. The Bertz CT molecular complexity index is 833. The largest absolute Gasteiger partial charge is 0.508 e. The lowest BCUT2D eigenvalue weighted by Crippen LogP contribution is -2.60. The summed E-state index contributed by atoms with van der Waals surface area (Å²) in [7, 11) is 1.59. The summed E-state index contributed by atoms with van der Waals surface area (Å²) in [5.74, 6) is 0.861. The van der Waals surface area contributed by atoms with E-state index in [9.17, 15) is 25.5 Å². The van der Waals surface area contributed by atoms with E-state index in [1.165, 1.54) is 12.1 Å². The number of benzene rings is 2. The number of aliphatic hydroxyl groups is 4. The zero-order valence-corrected chi connectivity index (χ0v) is 15.8. The predicted molar refractivity (Wildman–Crippen MR) is 104 cm³/mol. The summed E-state index contributed by atoms with van der Waals surface area (Å²) < 4.78 is 16.0. The van der Waals surface area contributed by atoms with Crippen LogP contribution in [0.15, 0.2) is 42.5 Å². The third-order valence-electron chi connectivity index (χ3n) is 4.60. The Morgan fingerprint density at radius 1 is 0.897 bits per heavy atom. The van der Waals surface area contributed by atoms with Crippen molar-refractivity contribution in [2.45, 2.75) is 30.7 Å². The van der Waals surface area contributed by atoms with E-state index in [4.69, 9.17) is 14.2 Å². The van der Waals surface area contributed by atoms with Gasteiger partial charge in [0.1, 0.15) is 41.7 Å². The maximum absolute atomic E-state index is 10.1. The fourth-order valence-electron chi connectivity index (χ4n) is 2.98. The fraction of sp³-hybridized carbons (Fsp3) is 0.333. The van der Waals surface area contributed by atoms with Crippen LogP contribution in [0.5, 0.6) is 17.2 Å². The van der Waals surface area contributed by atoms with E-state index < -0.39 is 37.3 Å². The molecule has 1 aliphatic rings. The van der Waals surface area contributed by atoms with Crippen molar-refractivity contribution in [2.75, 3.05) is 13.7 Å². The van der Waals surface area contributed by atoms with Crippen molar-refractivity contribution in [2.24, 2.45) is 0 Å². The number of hydrogen-bond donors (Lipinski definition) is 5. The number of methoxy groups -OCH3 is 1. The van der Waals surface area contributed by atoms with Crippen LogP contribution in [0, 0.1) is 0 Å². The standard InChI is InChI=1S/C21H24O8/c1-27-15-6-4-12(5-7-15)2-3-13-8-14(23)10-16(9-13)28-21-20(26)19(25)18(24)17(11-22)29-21/h2-10,17-26H,11H2,1H3/b3-2+/t17-,18-,19+,20-,21-/m0/s1. The Labute approximate surface area is 167 Å². The molecule has 2 aromatic carbocycles. The van der Waals surface area contributed by atoms with Crippen molar-refractivity contribution in [1.82, 2.24) is 0 Å². The van der Waals surface area contributed by atoms with Crippen molar-refractivity contribution in [3.63, 3.8) is 0 Å². The normalized spacial score (nSPS) is 27.1. The summed E-state index contributed by atoms with van der Waals surface area (Å²) in [6, 6.07) is 11.9. The van der Waals surface area contributed by atoms with Crippen LogP contribution < -0.4 is 9.47 Å². The molecular formula is C21H24O8. The van der Waals surface area contributed by atoms with Gasteiger partial charge >= 0.3 is 0 Å². The van der Waals surface area contributed by atoms with Gasteiger partial charge in [0.25, 0.3) is 0 Å².